The van der Waals surface area contributed by atoms with Crippen LogP contribution in [0.15, 0.2) is 30.6 Å². The Balaban J connectivity index is 1.25. The molecule has 0 aliphatic heterocycles. The predicted molar refractivity (Wildman–Crippen MR) is 120 cm³/mol. The fraction of sp³-hybridized carbons (Fsp3) is 0.400. The van der Waals surface area contributed by atoms with Crippen molar-refractivity contribution in [1.29, 1.82) is 5.26 Å². The van der Waals surface area contributed by atoms with Gasteiger partial charge in [0.25, 0.3) is 0 Å². The van der Waals surface area contributed by atoms with E-state index in [0.717, 1.165) is 31.5 Å². The second kappa shape index (κ2) is 8.55. The van der Waals surface area contributed by atoms with Gasteiger partial charge in [0.2, 0.25) is 5.95 Å². The highest BCUT2D eigenvalue weighted by Gasteiger charge is 2.68. The van der Waals surface area contributed by atoms with Crippen molar-refractivity contribution >= 4 is 11.8 Å². The molecular weight excluding hydrogens is 470 g/mol. The molecule has 2 bridgehead atoms. The first-order valence-electron chi connectivity index (χ1n) is 11.4. The molecular formula is C25H22F2N6O3. The van der Waals surface area contributed by atoms with Gasteiger partial charge in [-0.15, -0.1) is 5.10 Å². The molecule has 0 aromatic carbocycles. The van der Waals surface area contributed by atoms with Gasteiger partial charge in [0.05, 0.1) is 41.1 Å². The van der Waals surface area contributed by atoms with E-state index in [9.17, 15) is 18.4 Å². The lowest BCUT2D eigenvalue weighted by Crippen LogP contribution is -2.61. The topological polar surface area (TPSA) is 124 Å². The molecule has 3 saturated carbocycles. The summed E-state index contributed by atoms with van der Waals surface area (Å²) in [4.78, 5) is 33.0. The number of pyridine rings is 2. The van der Waals surface area contributed by atoms with E-state index in [1.54, 1.807) is 19.2 Å². The summed E-state index contributed by atoms with van der Waals surface area (Å²) in [5.41, 5.74) is 1.23. The van der Waals surface area contributed by atoms with E-state index in [2.05, 4.69) is 26.3 Å². The summed E-state index contributed by atoms with van der Waals surface area (Å²) >= 11 is 0. The van der Waals surface area contributed by atoms with E-state index in [4.69, 9.17) is 10.00 Å². The summed E-state index contributed by atoms with van der Waals surface area (Å²) in [5.74, 6) is -2.37. The Labute approximate surface area is 205 Å². The molecule has 11 heteroatoms. The Hall–Kier alpha value is -4.07. The number of ether oxygens (including phenoxy) is 1. The Bertz CT molecular complexity index is 1390. The Morgan fingerprint density at radius 1 is 1.22 bits per heavy atom. The Morgan fingerprint density at radius 3 is 2.64 bits per heavy atom. The minimum Gasteiger partial charge on any atom is -0.457 e. The third-order valence-electron chi connectivity index (χ3n) is 7.07. The Morgan fingerprint density at radius 2 is 1.97 bits per heavy atom. The summed E-state index contributed by atoms with van der Waals surface area (Å²) in [7, 11) is 1.61. The highest BCUT2D eigenvalue weighted by atomic mass is 19.1. The number of aromatic nitrogens is 5. The zero-order valence-corrected chi connectivity index (χ0v) is 19.7. The molecule has 0 unspecified atom stereocenters. The second-order valence-corrected chi connectivity index (χ2v) is 9.81. The maximum Gasteiger partial charge on any atom is 0.312 e. The van der Waals surface area contributed by atoms with Crippen molar-refractivity contribution in [3.8, 4) is 17.5 Å². The van der Waals surface area contributed by atoms with Gasteiger partial charge in [0.15, 0.2) is 5.78 Å². The molecule has 3 fully saturated rings. The smallest absolute Gasteiger partial charge is 0.312 e. The van der Waals surface area contributed by atoms with Crippen LogP contribution in [0.4, 0.5) is 8.78 Å². The number of nitrogens with zero attached hydrogens (tertiary/aromatic N) is 6. The lowest BCUT2D eigenvalue weighted by Gasteiger charge is -2.67. The standard InChI is InChI=1S/C25H22F2N6O3/c1-14(17-5-16(26)9-30-23(17)27)36-21(35)6-19-22(31-32-33(19)2)18-4-3-15(8-29-18)20(34)7-24-10-25(11-24,12-24)13-28/h3-5,8-9,14H,6-7,10-12H2,1-2H3/t14-,24?,25?/m1/s1. The van der Waals surface area contributed by atoms with Gasteiger partial charge in [-0.1, -0.05) is 5.21 Å². The normalized spacial score (nSPS) is 22.6. The number of nitriles is 1. The molecule has 3 aliphatic rings. The molecule has 0 spiro atoms. The summed E-state index contributed by atoms with van der Waals surface area (Å²) in [5, 5.41) is 17.2. The van der Waals surface area contributed by atoms with Crippen molar-refractivity contribution in [2.45, 2.75) is 45.1 Å². The van der Waals surface area contributed by atoms with E-state index in [1.165, 1.54) is 17.8 Å². The number of aryl methyl sites for hydroxylation is 1. The lowest BCUT2D eigenvalue weighted by atomic mass is 9.34. The maximum atomic E-state index is 13.9. The molecule has 36 heavy (non-hydrogen) atoms. The third-order valence-corrected chi connectivity index (χ3v) is 7.07. The van der Waals surface area contributed by atoms with E-state index >= 15 is 0 Å². The number of carbonyl (C=O) groups is 2. The van der Waals surface area contributed by atoms with Gasteiger partial charge in [-0.2, -0.15) is 9.65 Å². The first-order chi connectivity index (χ1) is 17.1. The van der Waals surface area contributed by atoms with Crippen molar-refractivity contribution < 1.29 is 23.1 Å². The minimum atomic E-state index is -1.06. The molecule has 0 amide bonds. The molecule has 3 aromatic rings. The number of carbonyl (C=O) groups excluding carboxylic acids is 2. The fourth-order valence-corrected chi connectivity index (χ4v) is 5.38. The molecule has 6 rings (SSSR count). The second-order valence-electron chi connectivity index (χ2n) is 9.81. The van der Waals surface area contributed by atoms with Crippen molar-refractivity contribution in [2.75, 3.05) is 0 Å². The number of Topliss-reactive ketones (excluding diaryl/α,β-unsaturated/α-hetero) is 1. The van der Waals surface area contributed by atoms with Crippen LogP contribution in [0, 0.1) is 33.9 Å². The van der Waals surface area contributed by atoms with Crippen molar-refractivity contribution in [1.82, 2.24) is 25.0 Å². The van der Waals surface area contributed by atoms with Crippen LogP contribution in [0.1, 0.15) is 60.3 Å². The molecule has 3 heterocycles. The Kier molecular flexibility index (Phi) is 5.62. The number of rotatable bonds is 8. The van der Waals surface area contributed by atoms with Crippen LogP contribution in [0.25, 0.3) is 11.4 Å². The van der Waals surface area contributed by atoms with Gasteiger partial charge in [-0.05, 0) is 49.8 Å². The summed E-state index contributed by atoms with van der Waals surface area (Å²) in [6, 6.07) is 6.58. The van der Waals surface area contributed by atoms with Crippen LogP contribution >= 0.6 is 0 Å². The molecule has 9 nitrogen and oxygen atoms in total. The first kappa shape index (κ1) is 23.7. The molecule has 184 valence electrons. The molecule has 0 saturated heterocycles. The van der Waals surface area contributed by atoms with Crippen LogP contribution in [-0.4, -0.2) is 36.7 Å². The summed E-state index contributed by atoms with van der Waals surface area (Å²) < 4.78 is 34.0. The van der Waals surface area contributed by atoms with Crippen LogP contribution in [0.3, 0.4) is 0 Å². The summed E-state index contributed by atoms with van der Waals surface area (Å²) in [6.45, 7) is 1.42. The summed E-state index contributed by atoms with van der Waals surface area (Å²) in [6.07, 6.45) is 3.68. The van der Waals surface area contributed by atoms with E-state index in [-0.39, 0.29) is 28.6 Å². The third kappa shape index (κ3) is 4.12. The van der Waals surface area contributed by atoms with Gasteiger partial charge < -0.3 is 4.74 Å². The highest BCUT2D eigenvalue weighted by Crippen LogP contribution is 2.74. The zero-order chi connectivity index (χ0) is 25.7. The van der Waals surface area contributed by atoms with Gasteiger partial charge in [-0.3, -0.25) is 19.3 Å². The highest BCUT2D eigenvalue weighted by molar-refractivity contribution is 5.96. The van der Waals surface area contributed by atoms with E-state index in [0.29, 0.717) is 29.1 Å². The van der Waals surface area contributed by atoms with Crippen LogP contribution < -0.4 is 0 Å². The number of halogens is 2. The average Bonchev–Trinajstić information content (AvgIpc) is 3.16. The van der Waals surface area contributed by atoms with Gasteiger partial charge in [-0.25, -0.2) is 9.37 Å². The van der Waals surface area contributed by atoms with Crippen LogP contribution in [0.2, 0.25) is 0 Å². The van der Waals surface area contributed by atoms with E-state index in [1.807, 2.05) is 0 Å². The molecule has 1 atom stereocenters. The minimum absolute atomic E-state index is 0.0173. The monoisotopic (exact) mass is 492 g/mol. The van der Waals surface area contributed by atoms with Crippen molar-refractivity contribution in [3.63, 3.8) is 0 Å². The van der Waals surface area contributed by atoms with Gasteiger partial charge >= 0.3 is 5.97 Å². The maximum absolute atomic E-state index is 13.9. The van der Waals surface area contributed by atoms with Crippen molar-refractivity contribution in [3.05, 3.63) is 59.2 Å². The zero-order valence-electron chi connectivity index (χ0n) is 19.7. The number of ketones is 1. The number of hydrogen-bond acceptors (Lipinski definition) is 8. The number of esters is 1. The number of hydrogen-bond donors (Lipinski definition) is 0. The average molecular weight is 492 g/mol. The van der Waals surface area contributed by atoms with Crippen LogP contribution in [-0.2, 0) is 23.0 Å². The fourth-order valence-electron chi connectivity index (χ4n) is 5.38. The van der Waals surface area contributed by atoms with Crippen molar-refractivity contribution in [2.24, 2.45) is 17.9 Å². The predicted octanol–water partition coefficient (Wildman–Crippen LogP) is 3.66. The molecule has 3 aliphatic carbocycles. The van der Waals surface area contributed by atoms with Gasteiger partial charge in [0, 0.05) is 25.2 Å². The quantitative estimate of drug-likeness (QED) is 0.265. The van der Waals surface area contributed by atoms with E-state index < -0.39 is 23.8 Å². The SMILES string of the molecule is C[C@@H](OC(=O)Cc1c(-c2ccc(C(=O)CC34CC(C#N)(C3)C4)cn2)nnn1C)c1cc(F)cnc1F. The molecule has 0 N–H and O–H groups in total. The van der Waals surface area contributed by atoms with Crippen LogP contribution in [0.5, 0.6) is 0 Å². The molecule has 0 radical (unpaired) electrons. The first-order valence-corrected chi connectivity index (χ1v) is 11.4. The van der Waals surface area contributed by atoms with Gasteiger partial charge in [0.1, 0.15) is 17.6 Å². The largest absolute Gasteiger partial charge is 0.457 e. The molecule has 3 aromatic heterocycles. The lowest BCUT2D eigenvalue weighted by molar-refractivity contribution is -0.159.